The zero-order chi connectivity index (χ0) is 15.9. The topological polar surface area (TPSA) is 69.4 Å². The molecule has 0 unspecified atom stereocenters. The standard InChI is InChI=1S/C15H9F2NO4/c16-9-2-4-14(11(17)6-9)22-15-5-8-1-3-13(19)10(8)7-12(15)18(20)21/h2,4-7H,1,3H2. The number of ketones is 1. The Hall–Kier alpha value is -2.83. The van der Waals surface area contributed by atoms with Crippen LogP contribution < -0.4 is 4.74 Å². The minimum Gasteiger partial charge on any atom is -0.447 e. The molecule has 0 fully saturated rings. The molecule has 0 aromatic heterocycles. The van der Waals surface area contributed by atoms with E-state index in [-0.39, 0.29) is 23.7 Å². The molecule has 0 aliphatic heterocycles. The quantitative estimate of drug-likeness (QED) is 0.639. The first kappa shape index (κ1) is 14.1. The van der Waals surface area contributed by atoms with Crippen molar-refractivity contribution >= 4 is 11.5 Å². The molecule has 0 saturated carbocycles. The third-order valence-corrected chi connectivity index (χ3v) is 3.42. The van der Waals surface area contributed by atoms with Gasteiger partial charge in [-0.3, -0.25) is 14.9 Å². The maximum atomic E-state index is 13.6. The summed E-state index contributed by atoms with van der Waals surface area (Å²) < 4.78 is 31.7. The van der Waals surface area contributed by atoms with Crippen molar-refractivity contribution in [2.24, 2.45) is 0 Å². The highest BCUT2D eigenvalue weighted by Gasteiger charge is 2.27. The molecule has 0 spiro atoms. The van der Waals surface area contributed by atoms with Gasteiger partial charge < -0.3 is 4.74 Å². The smallest absolute Gasteiger partial charge is 0.312 e. The van der Waals surface area contributed by atoms with Crippen LogP contribution >= 0.6 is 0 Å². The fourth-order valence-electron chi connectivity index (χ4n) is 2.36. The zero-order valence-electron chi connectivity index (χ0n) is 11.1. The first-order chi connectivity index (χ1) is 10.5. The maximum Gasteiger partial charge on any atom is 0.312 e. The molecular formula is C15H9F2NO4. The molecule has 0 radical (unpaired) electrons. The van der Waals surface area contributed by atoms with E-state index in [1.807, 2.05) is 0 Å². The maximum absolute atomic E-state index is 13.6. The van der Waals surface area contributed by atoms with Crippen LogP contribution in [0, 0.1) is 21.7 Å². The second-order valence-electron chi connectivity index (χ2n) is 4.83. The number of nitro benzene ring substituents is 1. The molecule has 5 nitrogen and oxygen atoms in total. The van der Waals surface area contributed by atoms with Crippen molar-refractivity contribution in [1.29, 1.82) is 0 Å². The third kappa shape index (κ3) is 2.41. The Morgan fingerprint density at radius 1 is 1.09 bits per heavy atom. The largest absolute Gasteiger partial charge is 0.447 e. The Morgan fingerprint density at radius 2 is 1.86 bits per heavy atom. The van der Waals surface area contributed by atoms with Crippen LogP contribution in [-0.4, -0.2) is 10.7 Å². The summed E-state index contributed by atoms with van der Waals surface area (Å²) in [4.78, 5) is 22.0. The second-order valence-corrected chi connectivity index (χ2v) is 4.83. The number of carbonyl (C=O) groups is 1. The number of nitrogens with zero attached hydrogens (tertiary/aromatic N) is 1. The van der Waals surface area contributed by atoms with Crippen LogP contribution in [0.5, 0.6) is 11.5 Å². The van der Waals surface area contributed by atoms with Crippen LogP contribution in [-0.2, 0) is 6.42 Å². The Labute approximate surface area is 123 Å². The lowest BCUT2D eigenvalue weighted by Gasteiger charge is -2.09. The Morgan fingerprint density at radius 3 is 2.55 bits per heavy atom. The normalized spacial score (nSPS) is 13.1. The van der Waals surface area contributed by atoms with Crippen LogP contribution in [0.15, 0.2) is 30.3 Å². The predicted molar refractivity (Wildman–Crippen MR) is 72.2 cm³/mol. The second kappa shape index (κ2) is 5.18. The van der Waals surface area contributed by atoms with E-state index in [0.717, 1.165) is 18.2 Å². The molecule has 7 heteroatoms. The van der Waals surface area contributed by atoms with Crippen LogP contribution in [0.4, 0.5) is 14.5 Å². The highest BCUT2D eigenvalue weighted by molar-refractivity contribution is 6.01. The minimum absolute atomic E-state index is 0.169. The first-order valence-corrected chi connectivity index (χ1v) is 6.43. The number of hydrogen-bond donors (Lipinski definition) is 0. The summed E-state index contributed by atoms with van der Waals surface area (Å²) in [5.41, 5.74) is 0.476. The highest BCUT2D eigenvalue weighted by atomic mass is 19.1. The Kier molecular flexibility index (Phi) is 3.32. The van der Waals surface area contributed by atoms with Crippen molar-refractivity contribution in [3.05, 3.63) is 63.2 Å². The number of hydrogen-bond acceptors (Lipinski definition) is 4. The fourth-order valence-corrected chi connectivity index (χ4v) is 2.36. The number of halogens is 2. The molecule has 0 atom stereocenters. The number of carbonyl (C=O) groups excluding carboxylic acids is 1. The summed E-state index contributed by atoms with van der Waals surface area (Å²) in [6.45, 7) is 0. The van der Waals surface area contributed by atoms with Gasteiger partial charge in [0.25, 0.3) is 0 Å². The van der Waals surface area contributed by atoms with Gasteiger partial charge >= 0.3 is 5.69 Å². The van der Waals surface area contributed by atoms with E-state index in [1.54, 1.807) is 0 Å². The molecule has 2 aromatic rings. The first-order valence-electron chi connectivity index (χ1n) is 6.43. The van der Waals surface area contributed by atoms with E-state index < -0.39 is 22.2 Å². The van der Waals surface area contributed by atoms with Gasteiger partial charge in [-0.1, -0.05) is 0 Å². The molecule has 2 aromatic carbocycles. The number of aryl methyl sites for hydroxylation is 1. The molecule has 0 saturated heterocycles. The lowest BCUT2D eigenvalue weighted by atomic mass is 10.1. The Balaban J connectivity index is 2.06. The van der Waals surface area contributed by atoms with E-state index in [1.165, 1.54) is 6.07 Å². The molecule has 0 amide bonds. The molecule has 0 heterocycles. The predicted octanol–water partition coefficient (Wildman–Crippen LogP) is 3.79. The highest BCUT2D eigenvalue weighted by Crippen LogP contribution is 2.37. The average molecular weight is 305 g/mol. The number of rotatable bonds is 3. The molecule has 0 bridgehead atoms. The molecule has 1 aliphatic carbocycles. The van der Waals surface area contributed by atoms with Crippen molar-refractivity contribution in [2.75, 3.05) is 0 Å². The molecule has 3 rings (SSSR count). The lowest BCUT2D eigenvalue weighted by Crippen LogP contribution is -1.99. The Bertz CT molecular complexity index is 804. The van der Waals surface area contributed by atoms with Gasteiger partial charge in [-0.05, 0) is 30.2 Å². The van der Waals surface area contributed by atoms with Crippen molar-refractivity contribution in [3.63, 3.8) is 0 Å². The number of nitro groups is 1. The van der Waals surface area contributed by atoms with Gasteiger partial charge in [0.1, 0.15) is 5.82 Å². The monoisotopic (exact) mass is 305 g/mol. The van der Waals surface area contributed by atoms with E-state index >= 15 is 0 Å². The molecular weight excluding hydrogens is 296 g/mol. The number of fused-ring (bicyclic) bond motifs is 1. The van der Waals surface area contributed by atoms with Gasteiger partial charge in [0, 0.05) is 24.1 Å². The van der Waals surface area contributed by atoms with Crippen molar-refractivity contribution in [1.82, 2.24) is 0 Å². The van der Waals surface area contributed by atoms with E-state index in [9.17, 15) is 23.7 Å². The summed E-state index contributed by atoms with van der Waals surface area (Å²) in [6.07, 6.45) is 0.731. The molecule has 112 valence electrons. The summed E-state index contributed by atoms with van der Waals surface area (Å²) in [7, 11) is 0. The van der Waals surface area contributed by atoms with E-state index in [2.05, 4.69) is 0 Å². The number of ether oxygens (including phenoxy) is 1. The number of Topliss-reactive ketones (excluding diaryl/α,β-unsaturated/α-hetero) is 1. The zero-order valence-corrected chi connectivity index (χ0v) is 11.1. The summed E-state index contributed by atoms with van der Waals surface area (Å²) in [6, 6.07) is 5.16. The van der Waals surface area contributed by atoms with Crippen molar-refractivity contribution in [2.45, 2.75) is 12.8 Å². The minimum atomic E-state index is -0.967. The van der Waals surface area contributed by atoms with Crippen molar-refractivity contribution < 1.29 is 23.2 Å². The van der Waals surface area contributed by atoms with Crippen molar-refractivity contribution in [3.8, 4) is 11.5 Å². The van der Waals surface area contributed by atoms with E-state index in [4.69, 9.17) is 4.74 Å². The summed E-state index contributed by atoms with van der Waals surface area (Å²) in [5, 5.41) is 11.1. The van der Waals surface area contributed by atoms with Gasteiger partial charge in [-0.25, -0.2) is 8.78 Å². The van der Waals surface area contributed by atoms with Gasteiger partial charge in [0.2, 0.25) is 5.75 Å². The van der Waals surface area contributed by atoms with Gasteiger partial charge in [-0.2, -0.15) is 0 Å². The average Bonchev–Trinajstić information content (AvgIpc) is 2.82. The van der Waals surface area contributed by atoms with E-state index in [0.29, 0.717) is 23.6 Å². The fraction of sp³-hybridized carbons (Fsp3) is 0.133. The van der Waals surface area contributed by atoms with Crippen LogP contribution in [0.1, 0.15) is 22.3 Å². The molecule has 22 heavy (non-hydrogen) atoms. The molecule has 0 N–H and O–H groups in total. The van der Waals surface area contributed by atoms with Crippen LogP contribution in [0.25, 0.3) is 0 Å². The van der Waals surface area contributed by atoms with Gasteiger partial charge in [0.05, 0.1) is 4.92 Å². The summed E-state index contributed by atoms with van der Waals surface area (Å²) >= 11 is 0. The van der Waals surface area contributed by atoms with Gasteiger partial charge in [0.15, 0.2) is 17.3 Å². The van der Waals surface area contributed by atoms with Gasteiger partial charge in [-0.15, -0.1) is 0 Å². The number of benzene rings is 2. The van der Waals surface area contributed by atoms with Crippen LogP contribution in [0.2, 0.25) is 0 Å². The summed E-state index contributed by atoms with van der Waals surface area (Å²) in [5.74, 6) is -2.42. The molecule has 1 aliphatic rings. The van der Waals surface area contributed by atoms with Crippen LogP contribution in [0.3, 0.4) is 0 Å². The lowest BCUT2D eigenvalue weighted by molar-refractivity contribution is -0.385. The SMILES string of the molecule is O=C1CCc2cc(Oc3ccc(F)cc3F)c([N+](=O)[O-])cc21. The third-order valence-electron chi connectivity index (χ3n) is 3.42.